The first-order chi connectivity index (χ1) is 10.6. The van der Waals surface area contributed by atoms with E-state index in [4.69, 9.17) is 11.6 Å². The van der Waals surface area contributed by atoms with E-state index >= 15 is 0 Å². The zero-order chi connectivity index (χ0) is 15.9. The zero-order valence-corrected chi connectivity index (χ0v) is 13.4. The van der Waals surface area contributed by atoms with Gasteiger partial charge in [-0.25, -0.2) is 0 Å². The van der Waals surface area contributed by atoms with E-state index in [0.717, 1.165) is 38.5 Å². The molecular formula is C18H21ClO3. The van der Waals surface area contributed by atoms with Gasteiger partial charge in [0.1, 0.15) is 5.75 Å². The molecule has 0 fully saturated rings. The monoisotopic (exact) mass is 320 g/mol. The predicted octanol–water partition coefficient (Wildman–Crippen LogP) is 4.64. The Balaban J connectivity index is 2.32. The number of phenolic OH excluding ortho intramolecular Hbond substituents is 1. The lowest BCUT2D eigenvalue weighted by atomic mass is 9.95. The van der Waals surface area contributed by atoms with E-state index in [1.165, 1.54) is 6.07 Å². The maximum atomic E-state index is 12.4. The van der Waals surface area contributed by atoms with Gasteiger partial charge in [-0.2, -0.15) is 0 Å². The predicted molar refractivity (Wildman–Crippen MR) is 87.6 cm³/mol. The van der Waals surface area contributed by atoms with Crippen LogP contribution >= 0.6 is 11.6 Å². The van der Waals surface area contributed by atoms with Crippen molar-refractivity contribution in [1.82, 2.24) is 0 Å². The molecule has 1 aromatic carbocycles. The van der Waals surface area contributed by atoms with Gasteiger partial charge in [0.2, 0.25) is 0 Å². The molecule has 1 N–H and O–H groups in total. The van der Waals surface area contributed by atoms with Crippen molar-refractivity contribution in [2.75, 3.05) is 0 Å². The number of benzene rings is 1. The average Bonchev–Trinajstić information content (AvgIpc) is 2.49. The maximum Gasteiger partial charge on any atom is 0.163 e. The molecule has 4 heteroatoms. The standard InChI is InChI=1S/C18H21ClO3/c19-18-15-12-13(20)8-6-4-2-1-3-5-7-9-16(21)14(15)10-11-17(18)22/h6,8,10-11,22H,1-5,7,9,12H2/b8-6+. The summed E-state index contributed by atoms with van der Waals surface area (Å²) in [5.74, 6) is -0.199. The fourth-order valence-corrected chi connectivity index (χ4v) is 2.94. The van der Waals surface area contributed by atoms with Gasteiger partial charge >= 0.3 is 0 Å². The zero-order valence-electron chi connectivity index (χ0n) is 12.6. The van der Waals surface area contributed by atoms with Crippen molar-refractivity contribution >= 4 is 23.2 Å². The summed E-state index contributed by atoms with van der Waals surface area (Å²) in [7, 11) is 0. The Morgan fingerprint density at radius 3 is 2.55 bits per heavy atom. The normalized spacial score (nSPS) is 19.3. The third-order valence-corrected chi connectivity index (χ3v) is 4.37. The Labute approximate surface area is 136 Å². The molecule has 0 radical (unpaired) electrons. The van der Waals surface area contributed by atoms with Crippen molar-refractivity contribution < 1.29 is 14.7 Å². The van der Waals surface area contributed by atoms with E-state index in [-0.39, 0.29) is 28.8 Å². The number of halogens is 1. The van der Waals surface area contributed by atoms with Crippen LogP contribution in [-0.2, 0) is 11.2 Å². The van der Waals surface area contributed by atoms with Gasteiger partial charge in [-0.3, -0.25) is 9.59 Å². The molecule has 2 rings (SSSR count). The molecular weight excluding hydrogens is 300 g/mol. The Bertz CT molecular complexity index is 590. The summed E-state index contributed by atoms with van der Waals surface area (Å²) in [6.45, 7) is 0. The number of Topliss-reactive ketones (excluding diaryl/α,β-unsaturated/α-hetero) is 1. The number of hydrogen-bond donors (Lipinski definition) is 1. The van der Waals surface area contributed by atoms with Crippen LogP contribution in [0.4, 0.5) is 0 Å². The fourth-order valence-electron chi connectivity index (χ4n) is 2.70. The first-order valence-electron chi connectivity index (χ1n) is 7.82. The van der Waals surface area contributed by atoms with Gasteiger partial charge in [0.15, 0.2) is 11.6 Å². The quantitative estimate of drug-likeness (QED) is 0.757. The lowest BCUT2D eigenvalue weighted by Crippen LogP contribution is -2.09. The minimum absolute atomic E-state index is 0.00857. The third-order valence-electron chi connectivity index (χ3n) is 3.95. The summed E-state index contributed by atoms with van der Waals surface area (Å²) in [5.41, 5.74) is 0.903. The molecule has 1 aliphatic carbocycles. The topological polar surface area (TPSA) is 54.4 Å². The highest BCUT2D eigenvalue weighted by atomic mass is 35.5. The van der Waals surface area contributed by atoms with Crippen LogP contribution < -0.4 is 0 Å². The van der Waals surface area contributed by atoms with Crippen LogP contribution in [0.25, 0.3) is 0 Å². The summed E-state index contributed by atoms with van der Waals surface area (Å²) < 4.78 is 0. The van der Waals surface area contributed by atoms with Crippen LogP contribution in [0.3, 0.4) is 0 Å². The van der Waals surface area contributed by atoms with E-state index in [9.17, 15) is 14.7 Å². The number of phenols is 1. The first-order valence-corrected chi connectivity index (χ1v) is 8.20. The Morgan fingerprint density at radius 1 is 1.00 bits per heavy atom. The third kappa shape index (κ3) is 4.44. The summed E-state index contributed by atoms with van der Waals surface area (Å²) in [5, 5.41) is 9.86. The van der Waals surface area contributed by atoms with Crippen LogP contribution in [0.5, 0.6) is 5.75 Å². The summed E-state index contributed by atoms with van der Waals surface area (Å²) >= 11 is 6.11. The molecule has 0 aromatic heterocycles. The molecule has 3 nitrogen and oxygen atoms in total. The lowest BCUT2D eigenvalue weighted by molar-refractivity contribution is -0.114. The molecule has 0 heterocycles. The molecule has 0 saturated carbocycles. The number of allylic oxidation sites excluding steroid dienone is 2. The number of aromatic hydroxyl groups is 1. The van der Waals surface area contributed by atoms with Crippen molar-refractivity contribution in [1.29, 1.82) is 0 Å². The van der Waals surface area contributed by atoms with Crippen molar-refractivity contribution in [2.24, 2.45) is 0 Å². The lowest BCUT2D eigenvalue weighted by Gasteiger charge is -2.11. The molecule has 1 aromatic rings. The molecule has 0 amide bonds. The molecule has 0 aliphatic heterocycles. The van der Waals surface area contributed by atoms with Crippen molar-refractivity contribution in [3.8, 4) is 5.75 Å². The highest BCUT2D eigenvalue weighted by Gasteiger charge is 2.18. The Kier molecular flexibility index (Phi) is 6.20. The van der Waals surface area contributed by atoms with Gasteiger partial charge in [0, 0.05) is 18.4 Å². The van der Waals surface area contributed by atoms with Gasteiger partial charge < -0.3 is 5.11 Å². The minimum Gasteiger partial charge on any atom is -0.506 e. The molecule has 0 saturated heterocycles. The van der Waals surface area contributed by atoms with E-state index in [0.29, 0.717) is 17.5 Å². The van der Waals surface area contributed by atoms with Gasteiger partial charge in [-0.05, 0) is 43.0 Å². The van der Waals surface area contributed by atoms with Crippen molar-refractivity contribution in [3.63, 3.8) is 0 Å². The molecule has 1 aliphatic rings. The maximum absolute atomic E-state index is 12.4. The summed E-state index contributed by atoms with van der Waals surface area (Å²) in [4.78, 5) is 24.4. The SMILES string of the molecule is O=C1/C=C/CCCCCCCC(=O)c2ccc(O)c(Cl)c2C1. The molecule has 0 bridgehead atoms. The van der Waals surface area contributed by atoms with E-state index in [1.807, 2.05) is 6.08 Å². The number of ketones is 2. The van der Waals surface area contributed by atoms with Crippen LogP contribution in [0.1, 0.15) is 60.9 Å². The van der Waals surface area contributed by atoms with Gasteiger partial charge in [0.25, 0.3) is 0 Å². The number of rotatable bonds is 0. The molecule has 0 atom stereocenters. The summed E-state index contributed by atoms with van der Waals surface area (Å²) in [6, 6.07) is 2.99. The number of hydrogen-bond acceptors (Lipinski definition) is 3. The second-order valence-electron chi connectivity index (χ2n) is 5.70. The van der Waals surface area contributed by atoms with Gasteiger partial charge in [-0.15, -0.1) is 0 Å². The fraction of sp³-hybridized carbons (Fsp3) is 0.444. The van der Waals surface area contributed by atoms with Crippen molar-refractivity contribution in [3.05, 3.63) is 40.4 Å². The van der Waals surface area contributed by atoms with Crippen LogP contribution in [0.2, 0.25) is 5.02 Å². The van der Waals surface area contributed by atoms with E-state index in [2.05, 4.69) is 0 Å². The van der Waals surface area contributed by atoms with E-state index < -0.39 is 0 Å². The average molecular weight is 321 g/mol. The largest absolute Gasteiger partial charge is 0.506 e. The van der Waals surface area contributed by atoms with E-state index in [1.54, 1.807) is 12.1 Å². The van der Waals surface area contributed by atoms with Gasteiger partial charge in [0.05, 0.1) is 5.02 Å². The van der Waals surface area contributed by atoms with Crippen LogP contribution in [0, 0.1) is 0 Å². The highest BCUT2D eigenvalue weighted by Crippen LogP contribution is 2.31. The van der Waals surface area contributed by atoms with Crippen LogP contribution in [-0.4, -0.2) is 16.7 Å². The molecule has 0 unspecified atom stereocenters. The highest BCUT2D eigenvalue weighted by molar-refractivity contribution is 6.33. The van der Waals surface area contributed by atoms with Crippen molar-refractivity contribution in [2.45, 2.75) is 51.4 Å². The first kappa shape index (κ1) is 16.8. The molecule has 22 heavy (non-hydrogen) atoms. The van der Waals surface area contributed by atoms with Crippen LogP contribution in [0.15, 0.2) is 24.3 Å². The number of carbonyl (C=O) groups excluding carboxylic acids is 2. The minimum atomic E-state index is -0.0985. The second-order valence-corrected chi connectivity index (χ2v) is 6.08. The summed E-state index contributed by atoms with van der Waals surface area (Å²) in [6.07, 6.45) is 10.0. The Morgan fingerprint density at radius 2 is 1.73 bits per heavy atom. The van der Waals surface area contributed by atoms with Gasteiger partial charge in [-0.1, -0.05) is 36.9 Å². The number of fused-ring (bicyclic) bond motifs is 1. The molecule has 118 valence electrons. The molecule has 0 spiro atoms. The smallest absolute Gasteiger partial charge is 0.163 e. The Hall–Kier alpha value is -1.61. The second kappa shape index (κ2) is 8.14. The number of carbonyl (C=O) groups is 2.